The van der Waals surface area contributed by atoms with E-state index in [4.69, 9.17) is 9.15 Å². The fourth-order valence-electron chi connectivity index (χ4n) is 1.65. The summed E-state index contributed by atoms with van der Waals surface area (Å²) in [7, 11) is 0. The molecule has 19 heavy (non-hydrogen) atoms. The molecule has 0 spiro atoms. The molecule has 2 aromatic rings. The number of rotatable bonds is 5. The number of furan rings is 1. The van der Waals surface area contributed by atoms with Gasteiger partial charge in [0.25, 0.3) is 0 Å². The normalized spacial score (nSPS) is 12.2. The number of nitrogens with zero attached hydrogens (tertiary/aromatic N) is 1. The second-order valence-corrected chi connectivity index (χ2v) is 4.92. The molecule has 1 unspecified atom stereocenters. The smallest absolute Gasteiger partial charge is 0.360 e. The Morgan fingerprint density at radius 3 is 3.00 bits per heavy atom. The number of hydrogen-bond donors (Lipinski definition) is 1. The maximum absolute atomic E-state index is 11.7. The lowest BCUT2D eigenvalue weighted by Gasteiger charge is -2.11. The molecule has 2 rings (SSSR count). The standard InChI is InChI=1S/C13H16N2O3S/c1-4-17-13(16)11-12(19-7-14-11)15-9(3)10-6-5-8(2)18-10/h5-7,9,15H,4H2,1-3H3. The molecular formula is C13H16N2O3S. The molecule has 0 bridgehead atoms. The summed E-state index contributed by atoms with van der Waals surface area (Å²) in [6.45, 7) is 5.97. The first-order valence-electron chi connectivity index (χ1n) is 6.05. The Morgan fingerprint density at radius 2 is 2.37 bits per heavy atom. The van der Waals surface area contributed by atoms with Crippen LogP contribution in [0.3, 0.4) is 0 Å². The summed E-state index contributed by atoms with van der Waals surface area (Å²) in [5, 5.41) is 3.92. The Morgan fingerprint density at radius 1 is 1.58 bits per heavy atom. The van der Waals surface area contributed by atoms with Gasteiger partial charge < -0.3 is 14.5 Å². The number of hydrogen-bond acceptors (Lipinski definition) is 6. The summed E-state index contributed by atoms with van der Waals surface area (Å²) in [5.41, 5.74) is 1.94. The molecule has 1 atom stereocenters. The lowest BCUT2D eigenvalue weighted by Crippen LogP contribution is -2.11. The van der Waals surface area contributed by atoms with Crippen molar-refractivity contribution < 1.29 is 13.9 Å². The van der Waals surface area contributed by atoms with Gasteiger partial charge in [0.1, 0.15) is 16.5 Å². The van der Waals surface area contributed by atoms with Gasteiger partial charge in [-0.25, -0.2) is 9.78 Å². The van der Waals surface area contributed by atoms with Crippen LogP contribution >= 0.6 is 11.3 Å². The van der Waals surface area contributed by atoms with Crippen molar-refractivity contribution in [1.82, 2.24) is 4.98 Å². The second-order valence-electron chi connectivity index (χ2n) is 4.07. The summed E-state index contributed by atoms with van der Waals surface area (Å²) in [5.74, 6) is 1.27. The monoisotopic (exact) mass is 280 g/mol. The van der Waals surface area contributed by atoms with Crippen LogP contribution in [0, 0.1) is 6.92 Å². The van der Waals surface area contributed by atoms with Crippen LogP contribution in [0.1, 0.15) is 41.9 Å². The maximum atomic E-state index is 11.7. The van der Waals surface area contributed by atoms with Crippen molar-refractivity contribution in [1.29, 1.82) is 0 Å². The summed E-state index contributed by atoms with van der Waals surface area (Å²) in [6.07, 6.45) is 0. The van der Waals surface area contributed by atoms with Gasteiger partial charge in [-0.05, 0) is 32.9 Å². The first-order valence-corrected chi connectivity index (χ1v) is 6.93. The lowest BCUT2D eigenvalue weighted by molar-refractivity contribution is 0.0521. The van der Waals surface area contributed by atoms with Crippen molar-refractivity contribution in [2.45, 2.75) is 26.8 Å². The third-order valence-corrected chi connectivity index (χ3v) is 3.33. The van der Waals surface area contributed by atoms with E-state index in [1.165, 1.54) is 11.3 Å². The van der Waals surface area contributed by atoms with E-state index in [-0.39, 0.29) is 6.04 Å². The molecule has 1 N–H and O–H groups in total. The van der Waals surface area contributed by atoms with Gasteiger partial charge >= 0.3 is 5.97 Å². The Balaban J connectivity index is 2.11. The molecule has 0 aliphatic heterocycles. The van der Waals surface area contributed by atoms with Gasteiger partial charge in [0.15, 0.2) is 5.69 Å². The topological polar surface area (TPSA) is 64.4 Å². The first-order chi connectivity index (χ1) is 9.11. The zero-order valence-corrected chi connectivity index (χ0v) is 11.9. The Bertz CT molecular complexity index is 562. The molecule has 2 heterocycles. The van der Waals surface area contributed by atoms with Gasteiger partial charge in [-0.2, -0.15) is 0 Å². The number of carbonyl (C=O) groups excluding carboxylic acids is 1. The molecule has 0 saturated carbocycles. The lowest BCUT2D eigenvalue weighted by atomic mass is 10.2. The van der Waals surface area contributed by atoms with Crippen molar-refractivity contribution >= 4 is 22.3 Å². The molecule has 0 radical (unpaired) electrons. The summed E-state index contributed by atoms with van der Waals surface area (Å²) >= 11 is 1.37. The van der Waals surface area contributed by atoms with Gasteiger partial charge in [0, 0.05) is 0 Å². The largest absolute Gasteiger partial charge is 0.464 e. The van der Waals surface area contributed by atoms with Crippen molar-refractivity contribution in [3.63, 3.8) is 0 Å². The summed E-state index contributed by atoms with van der Waals surface area (Å²) < 4.78 is 10.5. The molecule has 0 fully saturated rings. The zero-order chi connectivity index (χ0) is 13.8. The molecule has 0 aromatic carbocycles. The van der Waals surface area contributed by atoms with E-state index in [1.54, 1.807) is 12.4 Å². The van der Waals surface area contributed by atoms with Crippen molar-refractivity contribution in [3.8, 4) is 0 Å². The highest BCUT2D eigenvalue weighted by Crippen LogP contribution is 2.27. The van der Waals surface area contributed by atoms with Crippen LogP contribution in [0.15, 0.2) is 22.1 Å². The zero-order valence-electron chi connectivity index (χ0n) is 11.1. The molecule has 102 valence electrons. The van der Waals surface area contributed by atoms with Gasteiger partial charge in [0.2, 0.25) is 0 Å². The van der Waals surface area contributed by atoms with Crippen molar-refractivity contribution in [2.75, 3.05) is 11.9 Å². The highest BCUT2D eigenvalue weighted by Gasteiger charge is 2.19. The summed E-state index contributed by atoms with van der Waals surface area (Å²) in [4.78, 5) is 15.7. The van der Waals surface area contributed by atoms with Crippen LogP contribution in [0.2, 0.25) is 0 Å². The van der Waals surface area contributed by atoms with E-state index in [9.17, 15) is 4.79 Å². The van der Waals surface area contributed by atoms with Gasteiger partial charge in [-0.1, -0.05) is 0 Å². The van der Waals surface area contributed by atoms with Crippen molar-refractivity contribution in [2.24, 2.45) is 0 Å². The number of esters is 1. The van der Waals surface area contributed by atoms with Crippen LogP contribution in [0.4, 0.5) is 5.00 Å². The number of carbonyl (C=O) groups is 1. The first kappa shape index (κ1) is 13.6. The van der Waals surface area contributed by atoms with Crippen LogP contribution in [0.25, 0.3) is 0 Å². The van der Waals surface area contributed by atoms with Gasteiger partial charge in [-0.15, -0.1) is 11.3 Å². The highest BCUT2D eigenvalue weighted by molar-refractivity contribution is 7.14. The van der Waals surface area contributed by atoms with E-state index < -0.39 is 5.97 Å². The van der Waals surface area contributed by atoms with E-state index in [1.807, 2.05) is 26.0 Å². The number of aryl methyl sites for hydroxylation is 1. The SMILES string of the molecule is CCOC(=O)c1ncsc1NC(C)c1ccc(C)o1. The van der Waals surface area contributed by atoms with E-state index in [0.717, 1.165) is 11.5 Å². The van der Waals surface area contributed by atoms with Crippen molar-refractivity contribution in [3.05, 3.63) is 34.9 Å². The fourth-order valence-corrected chi connectivity index (χ4v) is 2.40. The number of ether oxygens (including phenoxy) is 1. The van der Waals surface area contributed by atoms with Crippen LogP contribution in [-0.4, -0.2) is 17.6 Å². The molecule has 0 amide bonds. The third-order valence-electron chi connectivity index (χ3n) is 2.57. The number of aromatic nitrogens is 1. The van der Waals surface area contributed by atoms with Gasteiger partial charge in [-0.3, -0.25) is 0 Å². The molecule has 0 aliphatic carbocycles. The average molecular weight is 280 g/mol. The van der Waals surface area contributed by atoms with Crippen LogP contribution < -0.4 is 5.32 Å². The Kier molecular flexibility index (Phi) is 4.21. The van der Waals surface area contributed by atoms with E-state index >= 15 is 0 Å². The van der Waals surface area contributed by atoms with Gasteiger partial charge in [0.05, 0.1) is 18.2 Å². The molecule has 2 aromatic heterocycles. The molecule has 5 nitrogen and oxygen atoms in total. The number of anilines is 1. The second kappa shape index (κ2) is 5.88. The average Bonchev–Trinajstić information content (AvgIpc) is 2.98. The third kappa shape index (κ3) is 3.14. The minimum atomic E-state index is -0.408. The number of thiazole rings is 1. The highest BCUT2D eigenvalue weighted by atomic mass is 32.1. The predicted octanol–water partition coefficient (Wildman–Crippen LogP) is 3.39. The maximum Gasteiger partial charge on any atom is 0.360 e. The predicted molar refractivity (Wildman–Crippen MR) is 73.6 cm³/mol. The quantitative estimate of drug-likeness (QED) is 0.850. The van der Waals surface area contributed by atoms with Crippen LogP contribution in [0.5, 0.6) is 0 Å². The minimum absolute atomic E-state index is 0.0395. The molecule has 0 aliphatic rings. The van der Waals surface area contributed by atoms with Crippen LogP contribution in [-0.2, 0) is 4.74 Å². The molecule has 6 heteroatoms. The summed E-state index contributed by atoms with van der Waals surface area (Å²) in [6, 6.07) is 3.78. The number of nitrogens with one attached hydrogen (secondary N) is 1. The Labute approximate surface area is 115 Å². The van der Waals surface area contributed by atoms with E-state index in [0.29, 0.717) is 17.3 Å². The molecular weight excluding hydrogens is 264 g/mol. The minimum Gasteiger partial charge on any atom is -0.464 e. The van der Waals surface area contributed by atoms with E-state index in [2.05, 4.69) is 10.3 Å². The molecule has 0 saturated heterocycles. The fraction of sp³-hybridized carbons (Fsp3) is 0.385. The Hall–Kier alpha value is -1.82.